The van der Waals surface area contributed by atoms with E-state index in [0.717, 1.165) is 55.2 Å². The normalized spacial score (nSPS) is 15.3. The van der Waals surface area contributed by atoms with Gasteiger partial charge in [0.25, 0.3) is 0 Å². The lowest BCUT2D eigenvalue weighted by Gasteiger charge is -2.27. The summed E-state index contributed by atoms with van der Waals surface area (Å²) in [4.78, 5) is 18.9. The van der Waals surface area contributed by atoms with E-state index >= 15 is 0 Å². The maximum atomic E-state index is 12.4. The molecule has 0 aliphatic carbocycles. The second kappa shape index (κ2) is 10.9. The number of ether oxygens (including phenoxy) is 1. The van der Waals surface area contributed by atoms with E-state index in [4.69, 9.17) is 10.1 Å². The van der Waals surface area contributed by atoms with Crippen LogP contribution in [0.15, 0.2) is 48.1 Å². The van der Waals surface area contributed by atoms with E-state index in [1.807, 2.05) is 12.1 Å². The number of carbonyl (C=O) groups is 1. The smallest absolute Gasteiger partial charge is 0.248 e. The quantitative estimate of drug-likeness (QED) is 0.360. The number of allylic oxidation sites excluding steroid dienone is 1. The molecular weight excluding hydrogens is 396 g/mol. The topological polar surface area (TPSA) is 78.3 Å². The molecule has 6 nitrogen and oxygen atoms in total. The van der Waals surface area contributed by atoms with Crippen LogP contribution in [0.5, 0.6) is 0 Å². The van der Waals surface area contributed by atoms with E-state index in [2.05, 4.69) is 40.8 Å². The molecule has 0 bridgehead atoms. The Morgan fingerprint density at radius 3 is 2.83 bits per heavy atom. The number of benzene rings is 1. The summed E-state index contributed by atoms with van der Waals surface area (Å²) < 4.78 is 5.40. The highest BCUT2D eigenvalue weighted by molar-refractivity contribution is 7.83. The highest BCUT2D eigenvalue weighted by Gasteiger charge is 2.12. The van der Waals surface area contributed by atoms with Crippen LogP contribution in [0, 0.1) is 12.3 Å². The van der Waals surface area contributed by atoms with Crippen LogP contribution in [0.4, 0.5) is 5.69 Å². The maximum Gasteiger partial charge on any atom is 0.248 e. The summed E-state index contributed by atoms with van der Waals surface area (Å²) in [5.74, 6) is -0.226. The van der Waals surface area contributed by atoms with Crippen molar-refractivity contribution in [3.05, 3.63) is 70.4 Å². The molecular formula is C23H26N4O2S. The molecule has 7 heteroatoms. The Hall–Kier alpha value is -2.74. The molecule has 0 atom stereocenters. The van der Waals surface area contributed by atoms with Gasteiger partial charge in [0.1, 0.15) is 0 Å². The molecule has 1 fully saturated rings. The fourth-order valence-corrected chi connectivity index (χ4v) is 3.50. The Balaban J connectivity index is 1.65. The Bertz CT molecular complexity index is 965. The molecule has 0 unspecified atom stereocenters. The van der Waals surface area contributed by atoms with Gasteiger partial charge in [0.15, 0.2) is 0 Å². The zero-order chi connectivity index (χ0) is 21.3. The molecule has 2 N–H and O–H groups in total. The van der Waals surface area contributed by atoms with Gasteiger partial charge in [0, 0.05) is 61.1 Å². The fourth-order valence-electron chi connectivity index (χ4n) is 3.29. The molecule has 2 aromatic rings. The predicted octanol–water partition coefficient (Wildman–Crippen LogP) is 3.79. The lowest BCUT2D eigenvalue weighted by atomic mass is 10.0. The second-order valence-corrected chi connectivity index (χ2v) is 7.30. The summed E-state index contributed by atoms with van der Waals surface area (Å²) in [6, 6.07) is 7.78. The highest BCUT2D eigenvalue weighted by Crippen LogP contribution is 2.20. The van der Waals surface area contributed by atoms with Crippen molar-refractivity contribution < 1.29 is 9.53 Å². The molecule has 3 rings (SSSR count). The van der Waals surface area contributed by atoms with Crippen LogP contribution in [0.25, 0.3) is 11.6 Å². The first-order chi connectivity index (χ1) is 14.6. The van der Waals surface area contributed by atoms with E-state index in [0.29, 0.717) is 5.57 Å². The summed E-state index contributed by atoms with van der Waals surface area (Å²) in [5, 5.41) is 12.0. The van der Waals surface area contributed by atoms with Crippen molar-refractivity contribution in [2.45, 2.75) is 13.5 Å². The van der Waals surface area contributed by atoms with Gasteiger partial charge in [-0.05, 0) is 53.3 Å². The predicted molar refractivity (Wildman–Crippen MR) is 125 cm³/mol. The summed E-state index contributed by atoms with van der Waals surface area (Å²) >= 11 is 4.14. The van der Waals surface area contributed by atoms with Gasteiger partial charge in [-0.2, -0.15) is 12.6 Å². The molecule has 156 valence electrons. The van der Waals surface area contributed by atoms with E-state index in [-0.39, 0.29) is 5.91 Å². The average Bonchev–Trinajstić information content (AvgIpc) is 2.76. The standard InChI is InChI=1S/C23H26N4O2S/c1-17-12-21(4-2-19(17)15-27-8-10-29-11-9-27)26-23(28)5-3-18-14-25-7-6-22(18)20(13-24)16-30/h2-7,12-14,16,24,30H,8-11,15H2,1H3,(H,26,28)/b5-3+,20-16+,24-13?. The third kappa shape index (κ3) is 5.89. The number of thiol groups is 1. The first-order valence-corrected chi connectivity index (χ1v) is 10.3. The van der Waals surface area contributed by atoms with Gasteiger partial charge >= 0.3 is 0 Å². The van der Waals surface area contributed by atoms with Crippen molar-refractivity contribution in [1.29, 1.82) is 5.41 Å². The number of nitrogens with zero attached hydrogens (tertiary/aromatic N) is 2. The fraction of sp³-hybridized carbons (Fsp3) is 0.261. The minimum absolute atomic E-state index is 0.226. The summed E-state index contributed by atoms with van der Waals surface area (Å²) in [6.07, 6.45) is 7.69. The van der Waals surface area contributed by atoms with E-state index in [9.17, 15) is 4.79 Å². The number of hydrogen-bond acceptors (Lipinski definition) is 6. The molecule has 30 heavy (non-hydrogen) atoms. The molecule has 2 heterocycles. The van der Waals surface area contributed by atoms with E-state index in [1.165, 1.54) is 17.9 Å². The van der Waals surface area contributed by atoms with Crippen LogP contribution in [-0.4, -0.2) is 48.3 Å². The molecule has 1 aliphatic rings. The van der Waals surface area contributed by atoms with Crippen molar-refractivity contribution in [2.24, 2.45) is 0 Å². The van der Waals surface area contributed by atoms with Crippen molar-refractivity contribution in [3.63, 3.8) is 0 Å². The molecule has 1 amide bonds. The Labute approximate surface area is 182 Å². The third-order valence-corrected chi connectivity index (χ3v) is 5.26. The van der Waals surface area contributed by atoms with Gasteiger partial charge in [0.2, 0.25) is 5.91 Å². The zero-order valence-electron chi connectivity index (χ0n) is 17.0. The number of aryl methyl sites for hydroxylation is 1. The largest absolute Gasteiger partial charge is 0.379 e. The highest BCUT2D eigenvalue weighted by atomic mass is 32.1. The SMILES string of the molecule is Cc1cc(NC(=O)/C=C/c2cnccc2/C(C=N)=C/S)ccc1CN1CCOCC1. The number of hydrogen-bond donors (Lipinski definition) is 3. The number of rotatable bonds is 7. The molecule has 0 spiro atoms. The molecule has 0 radical (unpaired) electrons. The van der Waals surface area contributed by atoms with Crippen LogP contribution < -0.4 is 5.32 Å². The molecule has 1 aromatic heterocycles. The number of morpholine rings is 1. The summed E-state index contributed by atoms with van der Waals surface area (Å²) in [7, 11) is 0. The maximum absolute atomic E-state index is 12.4. The minimum Gasteiger partial charge on any atom is -0.379 e. The zero-order valence-corrected chi connectivity index (χ0v) is 17.9. The number of amides is 1. The number of carbonyl (C=O) groups excluding carboxylic acids is 1. The Morgan fingerprint density at radius 2 is 2.13 bits per heavy atom. The molecule has 1 saturated heterocycles. The minimum atomic E-state index is -0.226. The molecule has 0 saturated carbocycles. The van der Waals surface area contributed by atoms with E-state index in [1.54, 1.807) is 29.9 Å². The van der Waals surface area contributed by atoms with Crippen molar-refractivity contribution in [1.82, 2.24) is 9.88 Å². The van der Waals surface area contributed by atoms with Gasteiger partial charge in [0.05, 0.1) is 13.2 Å². The average molecular weight is 423 g/mol. The Kier molecular flexibility index (Phi) is 7.96. The lowest BCUT2D eigenvalue weighted by molar-refractivity contribution is -0.111. The van der Waals surface area contributed by atoms with Crippen LogP contribution in [0.3, 0.4) is 0 Å². The summed E-state index contributed by atoms with van der Waals surface area (Å²) in [5.41, 5.74) is 5.34. The van der Waals surface area contributed by atoms with Crippen molar-refractivity contribution in [3.8, 4) is 0 Å². The monoisotopic (exact) mass is 422 g/mol. The van der Waals surface area contributed by atoms with Crippen LogP contribution in [-0.2, 0) is 16.1 Å². The number of aromatic nitrogens is 1. The molecule has 1 aromatic carbocycles. The van der Waals surface area contributed by atoms with E-state index < -0.39 is 0 Å². The second-order valence-electron chi connectivity index (χ2n) is 7.04. The van der Waals surface area contributed by atoms with Gasteiger partial charge in [-0.15, -0.1) is 0 Å². The summed E-state index contributed by atoms with van der Waals surface area (Å²) in [6.45, 7) is 6.40. The van der Waals surface area contributed by atoms with Gasteiger partial charge in [-0.3, -0.25) is 14.7 Å². The van der Waals surface area contributed by atoms with Gasteiger partial charge in [-0.25, -0.2) is 0 Å². The first-order valence-electron chi connectivity index (χ1n) is 9.78. The van der Waals surface area contributed by atoms with Crippen LogP contribution in [0.1, 0.15) is 22.3 Å². The van der Waals surface area contributed by atoms with Crippen molar-refractivity contribution in [2.75, 3.05) is 31.6 Å². The Morgan fingerprint density at radius 1 is 1.33 bits per heavy atom. The van der Waals surface area contributed by atoms with Crippen molar-refractivity contribution >= 4 is 42.1 Å². The molecule has 1 aliphatic heterocycles. The van der Waals surface area contributed by atoms with Crippen LogP contribution >= 0.6 is 12.6 Å². The number of pyridine rings is 1. The third-order valence-electron chi connectivity index (χ3n) is 4.98. The van der Waals surface area contributed by atoms with Gasteiger partial charge < -0.3 is 15.5 Å². The number of nitrogens with one attached hydrogen (secondary N) is 2. The van der Waals surface area contributed by atoms with Gasteiger partial charge in [-0.1, -0.05) is 6.07 Å². The number of anilines is 1. The lowest BCUT2D eigenvalue weighted by Crippen LogP contribution is -2.35. The first kappa shape index (κ1) is 22.0. The van der Waals surface area contributed by atoms with Crippen LogP contribution in [0.2, 0.25) is 0 Å².